The maximum absolute atomic E-state index is 3.13. The first-order chi connectivity index (χ1) is 3.47. The molecular formula is C7H8. The number of rotatable bonds is 0. The van der Waals surface area contributed by atoms with Crippen molar-refractivity contribution in [2.75, 3.05) is 0 Å². The Morgan fingerprint density at radius 3 is 2.00 bits per heavy atom. The van der Waals surface area contributed by atoms with Crippen LogP contribution in [0.3, 0.4) is 0 Å². The van der Waals surface area contributed by atoms with Gasteiger partial charge in [0.1, 0.15) is 0 Å². The van der Waals surface area contributed by atoms with Crippen LogP contribution in [0.2, 0.25) is 0 Å². The van der Waals surface area contributed by atoms with Crippen molar-refractivity contribution in [3.05, 3.63) is 0 Å². The first kappa shape index (κ1) is 3.55. The highest BCUT2D eigenvalue weighted by Crippen LogP contribution is 2.44. The van der Waals surface area contributed by atoms with Gasteiger partial charge in [-0.05, 0) is 18.3 Å². The molecule has 0 radical (unpaired) electrons. The lowest BCUT2D eigenvalue weighted by Gasteiger charge is -1.92. The summed E-state index contributed by atoms with van der Waals surface area (Å²) < 4.78 is 0. The van der Waals surface area contributed by atoms with Gasteiger partial charge < -0.3 is 0 Å². The highest BCUT2D eigenvalue weighted by Gasteiger charge is 2.36. The predicted molar refractivity (Wildman–Crippen MR) is 28.6 cm³/mol. The Morgan fingerprint density at radius 1 is 1.00 bits per heavy atom. The van der Waals surface area contributed by atoms with Crippen molar-refractivity contribution in [1.29, 1.82) is 0 Å². The van der Waals surface area contributed by atoms with E-state index in [9.17, 15) is 0 Å². The van der Waals surface area contributed by atoms with Crippen LogP contribution in [0.15, 0.2) is 0 Å². The smallest absolute Gasteiger partial charge is 0.0120 e. The molecule has 0 spiro atoms. The first-order valence-electron chi connectivity index (χ1n) is 2.92. The molecule has 0 aliphatic heterocycles. The predicted octanol–water partition coefficient (Wildman–Crippen LogP) is 1.42. The van der Waals surface area contributed by atoms with Gasteiger partial charge in [0.15, 0.2) is 0 Å². The van der Waals surface area contributed by atoms with Crippen LogP contribution in [-0.4, -0.2) is 0 Å². The molecule has 2 aliphatic carbocycles. The second-order valence-corrected chi connectivity index (χ2v) is 2.52. The third kappa shape index (κ3) is 0.447. The van der Waals surface area contributed by atoms with Crippen molar-refractivity contribution < 1.29 is 0 Å². The lowest BCUT2D eigenvalue weighted by atomic mass is 10.1. The Balaban J connectivity index is 2.16. The Morgan fingerprint density at radius 2 is 1.57 bits per heavy atom. The van der Waals surface area contributed by atoms with E-state index >= 15 is 0 Å². The largest absolute Gasteiger partial charge is 0.103 e. The topological polar surface area (TPSA) is 0 Å². The van der Waals surface area contributed by atoms with Crippen molar-refractivity contribution >= 4 is 0 Å². The van der Waals surface area contributed by atoms with Gasteiger partial charge in [-0.3, -0.25) is 0 Å². The number of hydrogen-bond donors (Lipinski definition) is 0. The summed E-state index contributed by atoms with van der Waals surface area (Å²) >= 11 is 0. The van der Waals surface area contributed by atoms with E-state index in [-0.39, 0.29) is 0 Å². The van der Waals surface area contributed by atoms with Gasteiger partial charge in [0.05, 0.1) is 0 Å². The summed E-state index contributed by atoms with van der Waals surface area (Å²) in [5, 5.41) is 0. The van der Waals surface area contributed by atoms with Crippen LogP contribution in [0.5, 0.6) is 0 Å². The molecule has 2 atom stereocenters. The molecule has 0 aromatic carbocycles. The molecule has 0 N–H and O–H groups in total. The fraction of sp³-hybridized carbons (Fsp3) is 0.714. The Kier molecular flexibility index (Phi) is 0.526. The van der Waals surface area contributed by atoms with E-state index < -0.39 is 0 Å². The molecule has 2 aliphatic rings. The van der Waals surface area contributed by atoms with Crippen molar-refractivity contribution in [3.63, 3.8) is 0 Å². The molecular weight excluding hydrogens is 84.1 g/mol. The standard InChI is InChI=1S/C7H8/c1-2-4-7-5-6(7)3-1/h6-7H,3-5H2. The molecule has 0 saturated heterocycles. The molecule has 1 fully saturated rings. The molecule has 0 nitrogen and oxygen atoms in total. The van der Waals surface area contributed by atoms with Gasteiger partial charge in [0.25, 0.3) is 0 Å². The molecule has 0 aromatic rings. The lowest BCUT2D eigenvalue weighted by molar-refractivity contribution is 0.719. The minimum Gasteiger partial charge on any atom is -0.103 e. The zero-order valence-corrected chi connectivity index (χ0v) is 4.28. The minimum atomic E-state index is 1.03. The van der Waals surface area contributed by atoms with Gasteiger partial charge in [0, 0.05) is 12.8 Å². The third-order valence-corrected chi connectivity index (χ3v) is 1.92. The van der Waals surface area contributed by atoms with E-state index in [1.807, 2.05) is 0 Å². The van der Waals surface area contributed by atoms with E-state index in [1.165, 1.54) is 19.3 Å². The lowest BCUT2D eigenvalue weighted by Crippen LogP contribution is -1.84. The quantitative estimate of drug-likeness (QED) is 0.396. The molecule has 0 bridgehead atoms. The Hall–Kier alpha value is -0.440. The van der Waals surface area contributed by atoms with Crippen LogP contribution in [0.1, 0.15) is 19.3 Å². The van der Waals surface area contributed by atoms with Crippen LogP contribution in [0.4, 0.5) is 0 Å². The Bertz CT molecular complexity index is 122. The molecule has 0 aromatic heterocycles. The van der Waals surface area contributed by atoms with Crippen LogP contribution in [-0.2, 0) is 0 Å². The maximum atomic E-state index is 3.13. The average molecular weight is 92.1 g/mol. The summed E-state index contributed by atoms with van der Waals surface area (Å²) in [6, 6.07) is 0. The fourth-order valence-corrected chi connectivity index (χ4v) is 1.22. The molecule has 0 amide bonds. The SMILES string of the molecule is C1#CCC2CC2C1. The summed E-state index contributed by atoms with van der Waals surface area (Å²) in [5.41, 5.74) is 0. The summed E-state index contributed by atoms with van der Waals surface area (Å²) in [5.74, 6) is 8.31. The fourth-order valence-electron chi connectivity index (χ4n) is 1.22. The van der Waals surface area contributed by atoms with Crippen molar-refractivity contribution in [2.45, 2.75) is 19.3 Å². The second kappa shape index (κ2) is 1.04. The molecule has 1 saturated carbocycles. The third-order valence-electron chi connectivity index (χ3n) is 1.92. The molecule has 7 heavy (non-hydrogen) atoms. The van der Waals surface area contributed by atoms with Crippen molar-refractivity contribution in [2.24, 2.45) is 11.8 Å². The molecule has 0 heterocycles. The van der Waals surface area contributed by atoms with Gasteiger partial charge in [-0.2, -0.15) is 0 Å². The molecule has 0 heteroatoms. The van der Waals surface area contributed by atoms with E-state index in [0.29, 0.717) is 0 Å². The van der Waals surface area contributed by atoms with E-state index in [1.54, 1.807) is 0 Å². The molecule has 2 unspecified atom stereocenters. The van der Waals surface area contributed by atoms with Crippen LogP contribution < -0.4 is 0 Å². The monoisotopic (exact) mass is 92.1 g/mol. The van der Waals surface area contributed by atoms with E-state index in [0.717, 1.165) is 11.8 Å². The average Bonchev–Trinajstić information content (AvgIpc) is 2.41. The Labute approximate surface area is 43.9 Å². The van der Waals surface area contributed by atoms with Gasteiger partial charge >= 0.3 is 0 Å². The summed E-state index contributed by atoms with van der Waals surface area (Å²) in [6.45, 7) is 0. The molecule has 36 valence electrons. The normalized spacial score (nSPS) is 43.4. The minimum absolute atomic E-state index is 1.03. The summed E-state index contributed by atoms with van der Waals surface area (Å²) in [4.78, 5) is 0. The summed E-state index contributed by atoms with van der Waals surface area (Å²) in [7, 11) is 0. The highest BCUT2D eigenvalue weighted by atomic mass is 14.4. The maximum Gasteiger partial charge on any atom is 0.0120 e. The van der Waals surface area contributed by atoms with Crippen LogP contribution in [0.25, 0.3) is 0 Å². The zero-order chi connectivity index (χ0) is 4.69. The van der Waals surface area contributed by atoms with E-state index in [4.69, 9.17) is 0 Å². The summed E-state index contributed by atoms with van der Waals surface area (Å²) in [6.07, 6.45) is 3.86. The highest BCUT2D eigenvalue weighted by molar-refractivity contribution is 5.12. The van der Waals surface area contributed by atoms with Gasteiger partial charge in [-0.15, -0.1) is 11.8 Å². The van der Waals surface area contributed by atoms with Gasteiger partial charge in [0.2, 0.25) is 0 Å². The van der Waals surface area contributed by atoms with Crippen LogP contribution >= 0.6 is 0 Å². The first-order valence-corrected chi connectivity index (χ1v) is 2.92. The number of fused-ring (bicyclic) bond motifs is 1. The van der Waals surface area contributed by atoms with E-state index in [2.05, 4.69) is 11.8 Å². The number of hydrogen-bond acceptors (Lipinski definition) is 0. The van der Waals surface area contributed by atoms with Crippen molar-refractivity contribution in [1.82, 2.24) is 0 Å². The molecule has 2 rings (SSSR count). The van der Waals surface area contributed by atoms with Gasteiger partial charge in [-0.25, -0.2) is 0 Å². The van der Waals surface area contributed by atoms with Crippen molar-refractivity contribution in [3.8, 4) is 11.8 Å². The van der Waals surface area contributed by atoms with Crippen LogP contribution in [0, 0.1) is 23.7 Å². The zero-order valence-electron chi connectivity index (χ0n) is 4.28. The second-order valence-electron chi connectivity index (χ2n) is 2.52. The van der Waals surface area contributed by atoms with Gasteiger partial charge in [-0.1, -0.05) is 0 Å².